The molecule has 1 aromatic heterocycles. The zero-order chi connectivity index (χ0) is 18.1. The Morgan fingerprint density at radius 3 is 3.04 bits per heavy atom. The lowest BCUT2D eigenvalue weighted by Crippen LogP contribution is -2.13. The fraction of sp³-hybridized carbons (Fsp3) is 0.278. The molecule has 2 heterocycles. The lowest BCUT2D eigenvalue weighted by Gasteiger charge is -2.20. The van der Waals surface area contributed by atoms with Crippen LogP contribution < -0.4 is 4.74 Å². The van der Waals surface area contributed by atoms with Crippen molar-refractivity contribution in [2.75, 3.05) is 6.79 Å². The Kier molecular flexibility index (Phi) is 4.60. The van der Waals surface area contributed by atoms with Crippen molar-refractivity contribution in [2.24, 2.45) is 0 Å². The molecule has 0 aliphatic carbocycles. The fourth-order valence-electron chi connectivity index (χ4n) is 2.89. The molecule has 0 fully saturated rings. The largest absolute Gasteiger partial charge is 0.467 e. The van der Waals surface area contributed by atoms with Gasteiger partial charge >= 0.3 is 0 Å². The number of hydrogen-bond donors (Lipinski definition) is 0. The molecule has 0 atom stereocenters. The van der Waals surface area contributed by atoms with Crippen molar-refractivity contribution in [1.29, 1.82) is 0 Å². The van der Waals surface area contributed by atoms with Crippen LogP contribution in [0.25, 0.3) is 5.69 Å². The van der Waals surface area contributed by atoms with Crippen molar-refractivity contribution >= 4 is 11.8 Å². The van der Waals surface area contributed by atoms with E-state index in [0.717, 1.165) is 22.4 Å². The Hall–Kier alpha value is -2.45. The molecule has 26 heavy (non-hydrogen) atoms. The van der Waals surface area contributed by atoms with Crippen LogP contribution in [-0.2, 0) is 17.1 Å². The number of thioether (sulfide) groups is 1. The Morgan fingerprint density at radius 2 is 2.15 bits per heavy atom. The van der Waals surface area contributed by atoms with Crippen LogP contribution in [0.1, 0.15) is 22.3 Å². The average Bonchev–Trinajstić information content (AvgIpc) is 3.10. The van der Waals surface area contributed by atoms with E-state index in [-0.39, 0.29) is 12.6 Å². The molecular formula is C18H17FN4O2S. The number of nitrogens with zero attached hydrogens (tertiary/aromatic N) is 4. The smallest absolute Gasteiger partial charge is 0.214 e. The highest BCUT2D eigenvalue weighted by Gasteiger charge is 2.19. The highest BCUT2D eigenvalue weighted by atomic mass is 32.2. The first-order chi connectivity index (χ1) is 12.6. The van der Waals surface area contributed by atoms with Crippen molar-refractivity contribution in [3.05, 3.63) is 58.4 Å². The van der Waals surface area contributed by atoms with Gasteiger partial charge in [-0.2, -0.15) is 4.68 Å². The summed E-state index contributed by atoms with van der Waals surface area (Å²) in [6.07, 6.45) is 0. The molecule has 3 aromatic rings. The van der Waals surface area contributed by atoms with Crippen molar-refractivity contribution < 1.29 is 13.9 Å². The molecule has 0 spiro atoms. The van der Waals surface area contributed by atoms with E-state index in [1.807, 2.05) is 19.1 Å². The van der Waals surface area contributed by atoms with E-state index in [2.05, 4.69) is 28.5 Å². The summed E-state index contributed by atoms with van der Waals surface area (Å²) in [5.74, 6) is 0.879. The molecule has 0 N–H and O–H groups in total. The number of ether oxygens (including phenoxy) is 2. The van der Waals surface area contributed by atoms with Gasteiger partial charge in [0.1, 0.15) is 11.6 Å². The fourth-order valence-corrected chi connectivity index (χ4v) is 3.74. The molecule has 4 rings (SSSR count). The first-order valence-corrected chi connectivity index (χ1v) is 9.11. The second-order valence-corrected chi connectivity index (χ2v) is 6.99. The van der Waals surface area contributed by atoms with E-state index in [0.29, 0.717) is 23.3 Å². The van der Waals surface area contributed by atoms with Crippen molar-refractivity contribution in [1.82, 2.24) is 20.2 Å². The van der Waals surface area contributed by atoms with Gasteiger partial charge in [-0.15, -0.1) is 5.10 Å². The quantitative estimate of drug-likeness (QED) is 0.653. The molecule has 134 valence electrons. The molecule has 2 aromatic carbocycles. The summed E-state index contributed by atoms with van der Waals surface area (Å²) in [6.45, 7) is 4.62. The first kappa shape index (κ1) is 17.0. The predicted molar refractivity (Wildman–Crippen MR) is 94.9 cm³/mol. The van der Waals surface area contributed by atoms with Crippen LogP contribution in [0.4, 0.5) is 4.39 Å². The lowest BCUT2D eigenvalue weighted by molar-refractivity contribution is -0.0171. The van der Waals surface area contributed by atoms with Gasteiger partial charge in [0, 0.05) is 16.9 Å². The number of aromatic nitrogens is 4. The molecule has 0 amide bonds. The number of halogens is 1. The van der Waals surface area contributed by atoms with Gasteiger partial charge in [-0.05, 0) is 53.6 Å². The average molecular weight is 372 g/mol. The predicted octanol–water partition coefficient (Wildman–Crippen LogP) is 3.58. The van der Waals surface area contributed by atoms with Gasteiger partial charge in [-0.3, -0.25) is 0 Å². The molecule has 0 radical (unpaired) electrons. The highest BCUT2D eigenvalue weighted by Crippen LogP contribution is 2.34. The summed E-state index contributed by atoms with van der Waals surface area (Å²) in [5.41, 5.74) is 4.71. The van der Waals surface area contributed by atoms with Crippen LogP contribution in [0.5, 0.6) is 5.75 Å². The van der Waals surface area contributed by atoms with Crippen LogP contribution in [0.15, 0.2) is 35.5 Å². The second kappa shape index (κ2) is 7.05. The number of hydrogen-bond acceptors (Lipinski definition) is 6. The normalized spacial score (nSPS) is 13.3. The molecule has 0 bridgehead atoms. The number of rotatable bonds is 4. The maximum Gasteiger partial charge on any atom is 0.214 e. The minimum absolute atomic E-state index is 0.177. The van der Waals surface area contributed by atoms with E-state index < -0.39 is 0 Å². The van der Waals surface area contributed by atoms with Gasteiger partial charge in [0.15, 0.2) is 6.79 Å². The minimum atomic E-state index is -0.303. The number of fused-ring (bicyclic) bond motifs is 1. The van der Waals surface area contributed by atoms with Gasteiger partial charge in [-0.1, -0.05) is 23.9 Å². The van der Waals surface area contributed by atoms with E-state index in [1.165, 1.54) is 29.5 Å². The summed E-state index contributed by atoms with van der Waals surface area (Å²) in [5, 5.41) is 12.7. The third-order valence-corrected chi connectivity index (χ3v) is 5.32. The zero-order valence-corrected chi connectivity index (χ0v) is 15.2. The van der Waals surface area contributed by atoms with Gasteiger partial charge in [0.2, 0.25) is 5.16 Å². The topological polar surface area (TPSA) is 62.1 Å². The van der Waals surface area contributed by atoms with Crippen LogP contribution in [0.2, 0.25) is 0 Å². The van der Waals surface area contributed by atoms with Crippen LogP contribution >= 0.6 is 11.8 Å². The maximum atomic E-state index is 13.9. The van der Waals surface area contributed by atoms with Crippen molar-refractivity contribution in [3.63, 3.8) is 0 Å². The number of tetrazole rings is 1. The molecule has 0 saturated carbocycles. The van der Waals surface area contributed by atoms with Crippen molar-refractivity contribution in [3.8, 4) is 11.4 Å². The van der Waals surface area contributed by atoms with Crippen molar-refractivity contribution in [2.45, 2.75) is 31.4 Å². The first-order valence-electron chi connectivity index (χ1n) is 8.13. The number of aryl methyl sites for hydroxylation is 1. The molecule has 8 heteroatoms. The van der Waals surface area contributed by atoms with Crippen LogP contribution in [0.3, 0.4) is 0 Å². The number of benzene rings is 2. The van der Waals surface area contributed by atoms with Gasteiger partial charge in [0.05, 0.1) is 12.3 Å². The summed E-state index contributed by atoms with van der Waals surface area (Å²) >= 11 is 1.44. The zero-order valence-electron chi connectivity index (χ0n) is 14.4. The standard InChI is InChI=1S/C18H17FN4O2S/c1-11-4-3-5-16(12(11)2)23-18(20-21-22-23)26-9-14-7-15(19)6-13-8-24-10-25-17(13)14/h3-7H,8-10H2,1-2H3. The van der Waals surface area contributed by atoms with Gasteiger partial charge in [0.25, 0.3) is 0 Å². The summed E-state index contributed by atoms with van der Waals surface area (Å²) in [7, 11) is 0. The summed E-state index contributed by atoms with van der Waals surface area (Å²) in [6, 6.07) is 8.94. The third-order valence-electron chi connectivity index (χ3n) is 4.35. The Balaban J connectivity index is 1.62. The molecule has 1 aliphatic heterocycles. The molecule has 0 saturated heterocycles. The van der Waals surface area contributed by atoms with E-state index >= 15 is 0 Å². The maximum absolute atomic E-state index is 13.9. The lowest BCUT2D eigenvalue weighted by atomic mass is 10.1. The van der Waals surface area contributed by atoms with E-state index in [1.54, 1.807) is 4.68 Å². The molecule has 1 aliphatic rings. The summed E-state index contributed by atoms with van der Waals surface area (Å²) < 4.78 is 26.4. The highest BCUT2D eigenvalue weighted by molar-refractivity contribution is 7.98. The Labute approximate surface area is 154 Å². The minimum Gasteiger partial charge on any atom is -0.467 e. The molecule has 6 nitrogen and oxygen atoms in total. The second-order valence-electron chi connectivity index (χ2n) is 6.04. The monoisotopic (exact) mass is 372 g/mol. The van der Waals surface area contributed by atoms with E-state index in [9.17, 15) is 4.39 Å². The Bertz CT molecular complexity index is 960. The van der Waals surface area contributed by atoms with Crippen LogP contribution in [0, 0.1) is 19.7 Å². The van der Waals surface area contributed by atoms with E-state index in [4.69, 9.17) is 9.47 Å². The van der Waals surface area contributed by atoms with Gasteiger partial charge in [-0.25, -0.2) is 4.39 Å². The SMILES string of the molecule is Cc1cccc(-n2nnnc2SCc2cc(F)cc3c2OCOC3)c1C. The Morgan fingerprint density at radius 1 is 1.27 bits per heavy atom. The third kappa shape index (κ3) is 3.17. The molecule has 0 unspecified atom stereocenters. The van der Waals surface area contributed by atoms with Crippen LogP contribution in [-0.4, -0.2) is 27.0 Å². The summed E-state index contributed by atoms with van der Waals surface area (Å²) in [4.78, 5) is 0. The van der Waals surface area contributed by atoms with Gasteiger partial charge < -0.3 is 9.47 Å². The molecular weight excluding hydrogens is 355 g/mol.